The first-order valence-electron chi connectivity index (χ1n) is 10.3. The van der Waals surface area contributed by atoms with E-state index in [2.05, 4.69) is 10.4 Å². The number of aryl methyl sites for hydroxylation is 1. The number of nitriles is 1. The minimum absolute atomic E-state index is 0.271. The Hall–Kier alpha value is -4.16. The van der Waals surface area contributed by atoms with Crippen LogP contribution < -0.4 is 19.1 Å². The monoisotopic (exact) mass is 474 g/mol. The van der Waals surface area contributed by atoms with E-state index in [0.29, 0.717) is 61.2 Å². The third-order valence-electron chi connectivity index (χ3n) is 5.47. The van der Waals surface area contributed by atoms with E-state index < -0.39 is 0 Å². The van der Waals surface area contributed by atoms with Crippen LogP contribution in [0.4, 0.5) is 5.00 Å². The van der Waals surface area contributed by atoms with Gasteiger partial charge < -0.3 is 19.1 Å². The Balaban J connectivity index is 1.90. The number of hydrogen-bond donors (Lipinski definition) is 0. The van der Waals surface area contributed by atoms with Crippen molar-refractivity contribution in [2.45, 2.75) is 6.92 Å². The molecule has 0 fully saturated rings. The number of aromatic nitrogens is 2. The van der Waals surface area contributed by atoms with Crippen molar-refractivity contribution in [2.75, 3.05) is 33.3 Å². The Labute approximate surface area is 201 Å². The van der Waals surface area contributed by atoms with E-state index in [9.17, 15) is 10.1 Å². The molecule has 2 heterocycles. The summed E-state index contributed by atoms with van der Waals surface area (Å²) < 4.78 is 20.6. The van der Waals surface area contributed by atoms with Crippen molar-refractivity contribution in [3.05, 3.63) is 59.3 Å². The first-order valence-corrected chi connectivity index (χ1v) is 11.0. The minimum Gasteiger partial charge on any atom is -0.493 e. The second-order valence-electron chi connectivity index (χ2n) is 7.41. The first kappa shape index (κ1) is 23.0. The number of anilines is 1. The van der Waals surface area contributed by atoms with Gasteiger partial charge in [0.2, 0.25) is 5.75 Å². The normalized spacial score (nSPS) is 10.6. The largest absolute Gasteiger partial charge is 0.493 e. The number of rotatable bonds is 6. The second-order valence-corrected chi connectivity index (χ2v) is 8.16. The van der Waals surface area contributed by atoms with Crippen LogP contribution in [0.15, 0.2) is 42.5 Å². The number of carbonyl (C=O) groups excluding carboxylic acids is 1. The highest BCUT2D eigenvalue weighted by Crippen LogP contribution is 2.41. The maximum Gasteiger partial charge on any atom is 0.259 e. The molecule has 9 heteroatoms. The van der Waals surface area contributed by atoms with Crippen LogP contribution in [0.1, 0.15) is 21.6 Å². The van der Waals surface area contributed by atoms with Gasteiger partial charge in [-0.2, -0.15) is 9.64 Å². The third kappa shape index (κ3) is 3.89. The number of methoxy groups -OCH3 is 3. The van der Waals surface area contributed by atoms with Gasteiger partial charge in [-0.15, -0.1) is 0 Å². The van der Waals surface area contributed by atoms with Crippen LogP contribution in [0.2, 0.25) is 0 Å². The number of amides is 1. The van der Waals surface area contributed by atoms with E-state index in [1.807, 2.05) is 24.3 Å². The van der Waals surface area contributed by atoms with Crippen LogP contribution in [0.25, 0.3) is 22.2 Å². The molecule has 0 bridgehead atoms. The zero-order valence-corrected chi connectivity index (χ0v) is 20.2. The molecule has 0 aliphatic heterocycles. The number of carbonyl (C=O) groups is 1. The lowest BCUT2D eigenvalue weighted by atomic mass is 10.0. The van der Waals surface area contributed by atoms with Crippen LogP contribution in [0.3, 0.4) is 0 Å². The number of fused-ring (bicyclic) bond motifs is 1. The lowest BCUT2D eigenvalue weighted by molar-refractivity contribution is 0.0995. The number of ether oxygens (including phenoxy) is 3. The number of para-hydroxylation sites is 1. The summed E-state index contributed by atoms with van der Waals surface area (Å²) in [6.07, 6.45) is 0. The Kier molecular flexibility index (Phi) is 6.34. The van der Waals surface area contributed by atoms with Gasteiger partial charge in [-0.05, 0) is 42.7 Å². The molecule has 0 unspecified atom stereocenters. The fourth-order valence-electron chi connectivity index (χ4n) is 3.72. The standard InChI is InChI=1S/C25H22N4O4S/c1-14-18(13-26)25(34-28-14)29(2)24(30)17-12-20(27-19-9-7-6-8-16(17)19)15-10-21(31-3)23(33-5)22(11-15)32-4/h6-12H,1-5H3. The molecule has 0 N–H and O–H groups in total. The van der Waals surface area contributed by atoms with Crippen molar-refractivity contribution in [3.63, 3.8) is 0 Å². The van der Waals surface area contributed by atoms with Gasteiger partial charge in [-0.25, -0.2) is 4.98 Å². The molecular formula is C25H22N4O4S. The zero-order valence-electron chi connectivity index (χ0n) is 19.4. The molecule has 0 spiro atoms. The van der Waals surface area contributed by atoms with Gasteiger partial charge >= 0.3 is 0 Å². The van der Waals surface area contributed by atoms with Crippen LogP contribution in [0.5, 0.6) is 17.2 Å². The first-order chi connectivity index (χ1) is 16.4. The van der Waals surface area contributed by atoms with Crippen molar-refractivity contribution in [2.24, 2.45) is 0 Å². The van der Waals surface area contributed by atoms with Gasteiger partial charge in [0.1, 0.15) is 16.6 Å². The third-order valence-corrected chi connectivity index (χ3v) is 6.49. The summed E-state index contributed by atoms with van der Waals surface area (Å²) in [5, 5.41) is 10.7. The fraction of sp³-hybridized carbons (Fsp3) is 0.200. The highest BCUT2D eigenvalue weighted by atomic mass is 32.1. The van der Waals surface area contributed by atoms with Gasteiger partial charge in [-0.3, -0.25) is 4.79 Å². The van der Waals surface area contributed by atoms with E-state index >= 15 is 0 Å². The Bertz CT molecular complexity index is 1420. The highest BCUT2D eigenvalue weighted by Gasteiger charge is 2.24. The zero-order chi connectivity index (χ0) is 24.4. The summed E-state index contributed by atoms with van der Waals surface area (Å²) in [4.78, 5) is 19.9. The molecule has 0 saturated heterocycles. The smallest absolute Gasteiger partial charge is 0.259 e. The average molecular weight is 475 g/mol. The van der Waals surface area contributed by atoms with Gasteiger partial charge in [-0.1, -0.05) is 18.2 Å². The Morgan fingerprint density at radius 3 is 2.35 bits per heavy atom. The summed E-state index contributed by atoms with van der Waals surface area (Å²) in [5.74, 6) is 1.16. The molecule has 0 aliphatic carbocycles. The second kappa shape index (κ2) is 9.37. The van der Waals surface area contributed by atoms with Crippen LogP contribution in [-0.4, -0.2) is 43.6 Å². The topological polar surface area (TPSA) is 97.6 Å². The summed E-state index contributed by atoms with van der Waals surface area (Å²) in [7, 11) is 6.27. The quantitative estimate of drug-likeness (QED) is 0.394. The molecule has 0 saturated carbocycles. The van der Waals surface area contributed by atoms with E-state index in [-0.39, 0.29) is 5.91 Å². The van der Waals surface area contributed by atoms with Gasteiger partial charge in [0.25, 0.3) is 5.91 Å². The average Bonchev–Trinajstić information content (AvgIpc) is 3.26. The van der Waals surface area contributed by atoms with E-state index in [4.69, 9.17) is 19.2 Å². The molecule has 0 atom stereocenters. The number of hydrogen-bond acceptors (Lipinski definition) is 8. The fourth-order valence-corrected chi connectivity index (χ4v) is 4.52. The number of nitrogens with zero attached hydrogens (tertiary/aromatic N) is 4. The summed E-state index contributed by atoms with van der Waals surface area (Å²) in [6, 6.07) is 14.9. The van der Waals surface area contributed by atoms with Crippen molar-refractivity contribution in [3.8, 4) is 34.6 Å². The molecule has 1 amide bonds. The maximum absolute atomic E-state index is 13.7. The molecule has 8 nitrogen and oxygen atoms in total. The van der Waals surface area contributed by atoms with Gasteiger partial charge in [0.05, 0.1) is 43.8 Å². The predicted molar refractivity (Wildman–Crippen MR) is 131 cm³/mol. The molecule has 34 heavy (non-hydrogen) atoms. The molecule has 0 aliphatic rings. The molecular weight excluding hydrogens is 452 g/mol. The number of benzene rings is 2. The Morgan fingerprint density at radius 1 is 1.06 bits per heavy atom. The minimum atomic E-state index is -0.271. The van der Waals surface area contributed by atoms with Gasteiger partial charge in [0.15, 0.2) is 11.5 Å². The van der Waals surface area contributed by atoms with Crippen molar-refractivity contribution < 1.29 is 19.0 Å². The van der Waals surface area contributed by atoms with Crippen molar-refractivity contribution >= 4 is 33.3 Å². The molecule has 2 aromatic heterocycles. The van der Waals surface area contributed by atoms with Crippen molar-refractivity contribution in [1.82, 2.24) is 9.36 Å². The lowest BCUT2D eigenvalue weighted by Crippen LogP contribution is -2.26. The summed E-state index contributed by atoms with van der Waals surface area (Å²) >= 11 is 1.12. The SMILES string of the molecule is COc1cc(-c2cc(C(=O)N(C)c3snc(C)c3C#N)c3ccccc3n2)cc(OC)c1OC. The lowest BCUT2D eigenvalue weighted by Gasteiger charge is -2.18. The van der Waals surface area contributed by atoms with Gasteiger partial charge in [0, 0.05) is 18.0 Å². The molecule has 0 radical (unpaired) electrons. The highest BCUT2D eigenvalue weighted by molar-refractivity contribution is 7.10. The van der Waals surface area contributed by atoms with E-state index in [1.54, 1.807) is 46.4 Å². The molecule has 4 aromatic rings. The van der Waals surface area contributed by atoms with E-state index in [1.165, 1.54) is 12.0 Å². The van der Waals surface area contributed by atoms with Crippen LogP contribution in [-0.2, 0) is 0 Å². The predicted octanol–water partition coefficient (Wildman–Crippen LogP) is 4.84. The molecule has 4 rings (SSSR count). The number of pyridine rings is 1. The van der Waals surface area contributed by atoms with E-state index in [0.717, 1.165) is 11.5 Å². The molecule has 172 valence electrons. The summed E-state index contributed by atoms with van der Waals surface area (Å²) in [5.41, 5.74) is 3.36. The van der Waals surface area contributed by atoms with Crippen LogP contribution >= 0.6 is 11.5 Å². The molecule has 2 aromatic carbocycles. The Morgan fingerprint density at radius 2 is 1.74 bits per heavy atom. The van der Waals surface area contributed by atoms with Crippen LogP contribution in [0, 0.1) is 18.3 Å². The summed E-state index contributed by atoms with van der Waals surface area (Å²) in [6.45, 7) is 1.75. The maximum atomic E-state index is 13.7. The van der Waals surface area contributed by atoms with Crippen molar-refractivity contribution in [1.29, 1.82) is 5.26 Å².